The standard InChI is InChI=1S/C19H19ClFN3O/c1-4-7-24-12(2)8-14(13(24)3)9-15(11-22)19(25)23-18-6-5-16(21)10-17(18)20/h5-6,8-10H,4,7H2,1-3H3,(H,23,25)/b15-9+. The van der Waals surface area contributed by atoms with Crippen LogP contribution in [0.5, 0.6) is 0 Å². The van der Waals surface area contributed by atoms with E-state index in [4.69, 9.17) is 11.6 Å². The summed E-state index contributed by atoms with van der Waals surface area (Å²) >= 11 is 5.91. The first kappa shape index (κ1) is 18.8. The fourth-order valence-corrected chi connectivity index (χ4v) is 2.84. The van der Waals surface area contributed by atoms with Gasteiger partial charge in [0.15, 0.2) is 0 Å². The number of carbonyl (C=O) groups excluding carboxylic acids is 1. The number of halogens is 2. The molecule has 0 fully saturated rings. The van der Waals surface area contributed by atoms with Crippen LogP contribution in [0.3, 0.4) is 0 Å². The van der Waals surface area contributed by atoms with Crippen LogP contribution in [0.25, 0.3) is 6.08 Å². The van der Waals surface area contributed by atoms with E-state index in [1.54, 1.807) is 6.08 Å². The molecule has 0 bridgehead atoms. The summed E-state index contributed by atoms with van der Waals surface area (Å²) in [5.41, 5.74) is 3.11. The van der Waals surface area contributed by atoms with Crippen LogP contribution >= 0.6 is 11.6 Å². The van der Waals surface area contributed by atoms with E-state index in [2.05, 4.69) is 16.8 Å². The third kappa shape index (κ3) is 4.28. The van der Waals surface area contributed by atoms with E-state index in [0.29, 0.717) is 0 Å². The Hall–Kier alpha value is -2.58. The highest BCUT2D eigenvalue weighted by molar-refractivity contribution is 6.34. The topological polar surface area (TPSA) is 57.8 Å². The zero-order valence-electron chi connectivity index (χ0n) is 14.4. The molecule has 2 aromatic rings. The predicted octanol–water partition coefficient (Wildman–Crippen LogP) is 4.85. The van der Waals surface area contributed by atoms with Crippen LogP contribution in [-0.4, -0.2) is 10.5 Å². The summed E-state index contributed by atoms with van der Waals surface area (Å²) in [5, 5.41) is 12.0. The molecule has 2 rings (SSSR count). The molecular weight excluding hydrogens is 341 g/mol. The van der Waals surface area contributed by atoms with Crippen LogP contribution in [0.2, 0.25) is 5.02 Å². The number of hydrogen-bond donors (Lipinski definition) is 1. The number of nitrogens with one attached hydrogen (secondary N) is 1. The molecular formula is C19H19ClFN3O. The molecule has 0 aliphatic heterocycles. The summed E-state index contributed by atoms with van der Waals surface area (Å²) in [6, 6.07) is 7.51. The lowest BCUT2D eigenvalue weighted by atomic mass is 10.1. The Balaban J connectivity index is 2.30. The van der Waals surface area contributed by atoms with Gasteiger partial charge in [0.1, 0.15) is 17.5 Å². The lowest BCUT2D eigenvalue weighted by molar-refractivity contribution is -0.112. The van der Waals surface area contributed by atoms with Crippen molar-refractivity contribution < 1.29 is 9.18 Å². The number of nitrogens with zero attached hydrogens (tertiary/aromatic N) is 2. The molecule has 0 radical (unpaired) electrons. The monoisotopic (exact) mass is 359 g/mol. The van der Waals surface area contributed by atoms with Gasteiger partial charge in [0.25, 0.3) is 5.91 Å². The van der Waals surface area contributed by atoms with E-state index in [1.807, 2.05) is 26.0 Å². The Kier molecular flexibility index (Phi) is 6.00. The van der Waals surface area contributed by atoms with E-state index in [0.717, 1.165) is 36.0 Å². The lowest BCUT2D eigenvalue weighted by Gasteiger charge is -2.08. The smallest absolute Gasteiger partial charge is 0.266 e. The van der Waals surface area contributed by atoms with Crippen LogP contribution in [0.1, 0.15) is 30.3 Å². The van der Waals surface area contributed by atoms with Crippen molar-refractivity contribution in [3.63, 3.8) is 0 Å². The van der Waals surface area contributed by atoms with Crippen molar-refractivity contribution in [3.8, 4) is 6.07 Å². The number of benzene rings is 1. The van der Waals surface area contributed by atoms with Gasteiger partial charge in [-0.25, -0.2) is 4.39 Å². The van der Waals surface area contributed by atoms with Crippen LogP contribution < -0.4 is 5.32 Å². The number of rotatable bonds is 5. The van der Waals surface area contributed by atoms with E-state index in [1.165, 1.54) is 12.1 Å². The number of hydrogen-bond acceptors (Lipinski definition) is 2. The summed E-state index contributed by atoms with van der Waals surface area (Å²) in [6.45, 7) is 6.92. The van der Waals surface area contributed by atoms with Gasteiger partial charge in [0, 0.05) is 17.9 Å². The molecule has 0 aliphatic rings. The van der Waals surface area contributed by atoms with Gasteiger partial charge >= 0.3 is 0 Å². The number of carbonyl (C=O) groups is 1. The van der Waals surface area contributed by atoms with Crippen LogP contribution in [0, 0.1) is 31.0 Å². The number of aromatic nitrogens is 1. The highest BCUT2D eigenvalue weighted by atomic mass is 35.5. The normalized spacial score (nSPS) is 11.3. The number of anilines is 1. The molecule has 0 atom stereocenters. The molecule has 1 amide bonds. The summed E-state index contributed by atoms with van der Waals surface area (Å²) in [4.78, 5) is 12.4. The van der Waals surface area contributed by atoms with Gasteiger partial charge in [-0.15, -0.1) is 0 Å². The molecule has 0 spiro atoms. The van der Waals surface area contributed by atoms with E-state index in [-0.39, 0.29) is 16.3 Å². The fraction of sp³-hybridized carbons (Fsp3) is 0.263. The SMILES string of the molecule is CCCn1c(C)cc(/C=C(\C#N)C(=O)Nc2ccc(F)cc2Cl)c1C. The van der Waals surface area contributed by atoms with Crippen molar-refractivity contribution in [1.82, 2.24) is 4.57 Å². The first-order chi connectivity index (χ1) is 11.9. The van der Waals surface area contributed by atoms with Gasteiger partial charge < -0.3 is 9.88 Å². The minimum Gasteiger partial charge on any atom is -0.349 e. The first-order valence-electron chi connectivity index (χ1n) is 7.92. The quantitative estimate of drug-likeness (QED) is 0.612. The van der Waals surface area contributed by atoms with E-state index < -0.39 is 11.7 Å². The highest BCUT2D eigenvalue weighted by Gasteiger charge is 2.14. The third-order valence-corrected chi connectivity index (χ3v) is 4.22. The maximum Gasteiger partial charge on any atom is 0.266 e. The average Bonchev–Trinajstić information content (AvgIpc) is 2.83. The Morgan fingerprint density at radius 1 is 1.40 bits per heavy atom. The van der Waals surface area contributed by atoms with Crippen molar-refractivity contribution in [3.05, 3.63) is 57.6 Å². The molecule has 1 N–H and O–H groups in total. The second-order valence-corrected chi connectivity index (χ2v) is 6.13. The van der Waals surface area contributed by atoms with Crippen molar-refractivity contribution in [2.75, 3.05) is 5.32 Å². The molecule has 25 heavy (non-hydrogen) atoms. The van der Waals surface area contributed by atoms with Crippen molar-refractivity contribution in [1.29, 1.82) is 5.26 Å². The average molecular weight is 360 g/mol. The summed E-state index contributed by atoms with van der Waals surface area (Å²) in [6.07, 6.45) is 2.55. The van der Waals surface area contributed by atoms with Gasteiger partial charge in [0.2, 0.25) is 0 Å². The Morgan fingerprint density at radius 2 is 2.12 bits per heavy atom. The van der Waals surface area contributed by atoms with Crippen molar-refractivity contribution in [2.24, 2.45) is 0 Å². The largest absolute Gasteiger partial charge is 0.349 e. The number of amides is 1. The molecule has 0 aliphatic carbocycles. The number of nitriles is 1. The summed E-state index contributed by atoms with van der Waals surface area (Å²) in [5.74, 6) is -1.08. The van der Waals surface area contributed by atoms with Crippen molar-refractivity contribution >= 4 is 29.3 Å². The molecule has 1 heterocycles. The maximum absolute atomic E-state index is 13.1. The highest BCUT2D eigenvalue weighted by Crippen LogP contribution is 2.24. The minimum atomic E-state index is -0.587. The summed E-state index contributed by atoms with van der Waals surface area (Å²) in [7, 11) is 0. The van der Waals surface area contributed by atoms with Crippen LogP contribution in [0.15, 0.2) is 29.8 Å². The van der Waals surface area contributed by atoms with E-state index in [9.17, 15) is 14.4 Å². The Bertz CT molecular complexity index is 878. The van der Waals surface area contributed by atoms with Gasteiger partial charge in [-0.2, -0.15) is 5.26 Å². The molecule has 1 aromatic heterocycles. The first-order valence-corrected chi connectivity index (χ1v) is 8.30. The molecule has 130 valence electrons. The Labute approximate surface area is 151 Å². The molecule has 0 saturated carbocycles. The molecule has 1 aromatic carbocycles. The minimum absolute atomic E-state index is 0.0443. The molecule has 0 unspecified atom stereocenters. The zero-order chi connectivity index (χ0) is 18.6. The lowest BCUT2D eigenvalue weighted by Crippen LogP contribution is -2.13. The third-order valence-electron chi connectivity index (χ3n) is 3.90. The van der Waals surface area contributed by atoms with Gasteiger partial charge in [-0.3, -0.25) is 4.79 Å². The van der Waals surface area contributed by atoms with Crippen LogP contribution in [0.4, 0.5) is 10.1 Å². The maximum atomic E-state index is 13.1. The van der Waals surface area contributed by atoms with Crippen molar-refractivity contribution in [2.45, 2.75) is 33.7 Å². The van der Waals surface area contributed by atoms with Crippen LogP contribution in [-0.2, 0) is 11.3 Å². The van der Waals surface area contributed by atoms with Gasteiger partial charge in [0.05, 0.1) is 10.7 Å². The fourth-order valence-electron chi connectivity index (χ4n) is 2.63. The second-order valence-electron chi connectivity index (χ2n) is 5.73. The molecule has 0 saturated heterocycles. The second kappa shape index (κ2) is 8.00. The van der Waals surface area contributed by atoms with Gasteiger partial charge in [-0.1, -0.05) is 18.5 Å². The number of aryl methyl sites for hydroxylation is 1. The Morgan fingerprint density at radius 3 is 2.72 bits per heavy atom. The van der Waals surface area contributed by atoms with E-state index >= 15 is 0 Å². The predicted molar refractivity (Wildman–Crippen MR) is 97.8 cm³/mol. The molecule has 6 heteroatoms. The summed E-state index contributed by atoms with van der Waals surface area (Å²) < 4.78 is 15.2. The van der Waals surface area contributed by atoms with Gasteiger partial charge in [-0.05, 0) is 56.2 Å². The zero-order valence-corrected chi connectivity index (χ0v) is 15.1. The molecule has 4 nitrogen and oxygen atoms in total.